The number of aromatic nitrogens is 4. The van der Waals surface area contributed by atoms with Crippen LogP contribution in [0.3, 0.4) is 0 Å². The summed E-state index contributed by atoms with van der Waals surface area (Å²) < 4.78 is 0. The Labute approximate surface area is 124 Å². The van der Waals surface area contributed by atoms with E-state index in [4.69, 9.17) is 0 Å². The fourth-order valence-corrected chi connectivity index (χ4v) is 2.55. The molecule has 2 N–H and O–H groups in total. The maximum Gasteiger partial charge on any atom is 0.183 e. The molecule has 3 aromatic rings. The van der Waals surface area contributed by atoms with Crippen LogP contribution < -0.4 is 0 Å². The zero-order chi connectivity index (χ0) is 14.8. The Morgan fingerprint density at radius 1 is 1.29 bits per heavy atom. The lowest BCUT2D eigenvalue weighted by Crippen LogP contribution is -2.23. The lowest BCUT2D eigenvalue weighted by Gasteiger charge is -2.17. The largest absolute Gasteiger partial charge is 0.360 e. The first-order chi connectivity index (χ1) is 10.2. The van der Waals surface area contributed by atoms with Gasteiger partial charge in [-0.2, -0.15) is 5.10 Å². The van der Waals surface area contributed by atoms with Crippen molar-refractivity contribution in [3.8, 4) is 11.4 Å². The van der Waals surface area contributed by atoms with Gasteiger partial charge >= 0.3 is 0 Å². The van der Waals surface area contributed by atoms with E-state index >= 15 is 0 Å². The van der Waals surface area contributed by atoms with Crippen LogP contribution in [0.25, 0.3) is 22.3 Å². The second-order valence-corrected chi connectivity index (χ2v) is 5.55. The van der Waals surface area contributed by atoms with Crippen LogP contribution in [0.4, 0.5) is 0 Å². The summed E-state index contributed by atoms with van der Waals surface area (Å²) >= 11 is 0. The second-order valence-electron chi connectivity index (χ2n) is 5.55. The highest BCUT2D eigenvalue weighted by Gasteiger charge is 2.15. The highest BCUT2D eigenvalue weighted by Crippen LogP contribution is 2.26. The smallest absolute Gasteiger partial charge is 0.183 e. The lowest BCUT2D eigenvalue weighted by atomic mass is 10.1. The molecule has 0 spiro atoms. The molecule has 0 unspecified atom stereocenters. The normalized spacial score (nSPS) is 13.1. The zero-order valence-electron chi connectivity index (χ0n) is 12.7. The quantitative estimate of drug-likeness (QED) is 0.756. The van der Waals surface area contributed by atoms with Crippen molar-refractivity contribution >= 4 is 10.9 Å². The molecular weight excluding hydrogens is 262 g/mol. The number of nitrogens with zero attached hydrogens (tertiary/aromatic N) is 3. The average Bonchev–Trinajstić information content (AvgIpc) is 3.13. The van der Waals surface area contributed by atoms with Gasteiger partial charge in [0.15, 0.2) is 5.82 Å². The van der Waals surface area contributed by atoms with E-state index in [1.54, 1.807) is 0 Å². The highest BCUT2D eigenvalue weighted by molar-refractivity contribution is 5.93. The first kappa shape index (κ1) is 13.8. The Bertz CT molecular complexity index is 727. The topological polar surface area (TPSA) is 60.6 Å². The van der Waals surface area contributed by atoms with Crippen molar-refractivity contribution in [3.05, 3.63) is 36.3 Å². The molecule has 0 aliphatic carbocycles. The van der Waals surface area contributed by atoms with Crippen molar-refractivity contribution in [2.24, 2.45) is 0 Å². The van der Waals surface area contributed by atoms with Gasteiger partial charge in [0, 0.05) is 35.1 Å². The first-order valence-corrected chi connectivity index (χ1v) is 7.36. The third-order valence-electron chi connectivity index (χ3n) is 3.93. The van der Waals surface area contributed by atoms with Crippen LogP contribution in [0.15, 0.2) is 30.5 Å². The Kier molecular flexibility index (Phi) is 3.75. The molecule has 0 bridgehead atoms. The van der Waals surface area contributed by atoms with Crippen molar-refractivity contribution in [1.29, 1.82) is 0 Å². The third kappa shape index (κ3) is 2.69. The summed E-state index contributed by atoms with van der Waals surface area (Å²) in [6, 6.07) is 8.21. The number of aromatic amines is 2. The van der Waals surface area contributed by atoms with Gasteiger partial charge in [0.1, 0.15) is 5.82 Å². The molecule has 0 aliphatic rings. The fraction of sp³-hybridized carbons (Fsp3) is 0.375. The van der Waals surface area contributed by atoms with Gasteiger partial charge < -0.3 is 9.88 Å². The maximum absolute atomic E-state index is 4.68. The van der Waals surface area contributed by atoms with Crippen LogP contribution in [0.2, 0.25) is 0 Å². The van der Waals surface area contributed by atoms with Crippen molar-refractivity contribution in [2.75, 3.05) is 20.1 Å². The number of para-hydroxylation sites is 1. The number of benzene rings is 1. The Morgan fingerprint density at radius 2 is 2.10 bits per heavy atom. The van der Waals surface area contributed by atoms with E-state index in [1.807, 2.05) is 18.3 Å². The molecule has 0 radical (unpaired) electrons. The van der Waals surface area contributed by atoms with Gasteiger partial charge in [0.25, 0.3) is 0 Å². The summed E-state index contributed by atoms with van der Waals surface area (Å²) in [4.78, 5) is 10.2. The molecule has 2 heterocycles. The van der Waals surface area contributed by atoms with Crippen molar-refractivity contribution in [2.45, 2.75) is 19.8 Å². The van der Waals surface area contributed by atoms with E-state index in [1.165, 1.54) is 0 Å². The highest BCUT2D eigenvalue weighted by atomic mass is 15.2. The molecule has 21 heavy (non-hydrogen) atoms. The van der Waals surface area contributed by atoms with E-state index in [0.717, 1.165) is 41.2 Å². The molecule has 3 rings (SSSR count). The fourth-order valence-electron chi connectivity index (χ4n) is 2.55. The zero-order valence-corrected chi connectivity index (χ0v) is 12.7. The van der Waals surface area contributed by atoms with Gasteiger partial charge in [-0.1, -0.05) is 32.0 Å². The minimum absolute atomic E-state index is 0.335. The lowest BCUT2D eigenvalue weighted by molar-refractivity contribution is 0.329. The molecule has 110 valence electrons. The van der Waals surface area contributed by atoms with Gasteiger partial charge in [-0.25, -0.2) is 4.98 Å². The Hall–Kier alpha value is -2.14. The standard InChI is InChI=1S/C16H21N5/c1-4-21(3)10-11(2)15-18-16(20-19-15)13-9-17-14-8-6-5-7-12(13)14/h5-9,11,17H,4,10H2,1-3H3,(H,18,19,20)/t11-/m0/s1. The molecule has 1 atom stereocenters. The van der Waals surface area contributed by atoms with Crippen molar-refractivity contribution < 1.29 is 0 Å². The summed E-state index contributed by atoms with van der Waals surface area (Å²) in [6.45, 7) is 6.34. The SMILES string of the molecule is CCN(C)C[C@H](C)c1nc(-c2c[nH]c3ccccc23)n[nH]1. The van der Waals surface area contributed by atoms with E-state index < -0.39 is 0 Å². The van der Waals surface area contributed by atoms with Gasteiger partial charge in [0.05, 0.1) is 0 Å². The molecule has 0 saturated carbocycles. The molecule has 0 fully saturated rings. The molecule has 5 heteroatoms. The van der Waals surface area contributed by atoms with Crippen LogP contribution in [0, 0.1) is 0 Å². The molecule has 5 nitrogen and oxygen atoms in total. The first-order valence-electron chi connectivity index (χ1n) is 7.36. The predicted molar refractivity (Wildman–Crippen MR) is 85.3 cm³/mol. The summed E-state index contributed by atoms with van der Waals surface area (Å²) in [5.74, 6) is 2.03. The average molecular weight is 283 g/mol. The van der Waals surface area contributed by atoms with Gasteiger partial charge in [0.2, 0.25) is 0 Å². The summed E-state index contributed by atoms with van der Waals surface area (Å²) in [7, 11) is 2.12. The molecular formula is C16H21N5. The minimum atomic E-state index is 0.335. The molecule has 1 aromatic carbocycles. The van der Waals surface area contributed by atoms with Crippen LogP contribution in [-0.4, -0.2) is 45.2 Å². The number of hydrogen-bond donors (Lipinski definition) is 2. The number of nitrogens with one attached hydrogen (secondary N) is 2. The summed E-state index contributed by atoms with van der Waals surface area (Å²) in [5.41, 5.74) is 2.15. The van der Waals surface area contributed by atoms with Crippen molar-refractivity contribution in [3.63, 3.8) is 0 Å². The molecule has 0 amide bonds. The minimum Gasteiger partial charge on any atom is -0.360 e. The summed E-state index contributed by atoms with van der Waals surface area (Å²) in [5, 5.41) is 8.63. The summed E-state index contributed by atoms with van der Waals surface area (Å²) in [6.07, 6.45) is 1.97. The number of fused-ring (bicyclic) bond motifs is 1. The van der Waals surface area contributed by atoms with E-state index in [2.05, 4.69) is 58.1 Å². The van der Waals surface area contributed by atoms with Crippen LogP contribution in [0.5, 0.6) is 0 Å². The molecule has 2 aromatic heterocycles. The van der Waals surface area contributed by atoms with Gasteiger partial charge in [-0.3, -0.25) is 5.10 Å². The predicted octanol–water partition coefficient (Wildman–Crippen LogP) is 3.01. The number of rotatable bonds is 5. The molecule has 0 aliphatic heterocycles. The van der Waals surface area contributed by atoms with Crippen LogP contribution >= 0.6 is 0 Å². The van der Waals surface area contributed by atoms with E-state index in [-0.39, 0.29) is 0 Å². The van der Waals surface area contributed by atoms with Gasteiger partial charge in [-0.05, 0) is 19.7 Å². The third-order valence-corrected chi connectivity index (χ3v) is 3.93. The van der Waals surface area contributed by atoms with Crippen LogP contribution in [-0.2, 0) is 0 Å². The second kappa shape index (κ2) is 5.69. The van der Waals surface area contributed by atoms with E-state index in [0.29, 0.717) is 5.92 Å². The van der Waals surface area contributed by atoms with Gasteiger partial charge in [-0.15, -0.1) is 0 Å². The van der Waals surface area contributed by atoms with Crippen LogP contribution in [0.1, 0.15) is 25.6 Å². The maximum atomic E-state index is 4.68. The number of hydrogen-bond acceptors (Lipinski definition) is 3. The van der Waals surface area contributed by atoms with E-state index in [9.17, 15) is 0 Å². The molecule has 0 saturated heterocycles. The number of H-pyrrole nitrogens is 2. The Morgan fingerprint density at radius 3 is 2.90 bits per heavy atom. The number of likely N-dealkylation sites (N-methyl/N-ethyl adjacent to an activating group) is 1. The Balaban J connectivity index is 1.88. The van der Waals surface area contributed by atoms with Crippen molar-refractivity contribution in [1.82, 2.24) is 25.1 Å². The monoisotopic (exact) mass is 283 g/mol.